The SMILES string of the molecule is C[N+](C)(C)C[C@](O)(CC(=O)O)C(=O)CF. The molecule has 0 amide bonds. The number of carbonyl (C=O) groups excluding carboxylic acids is 1. The molecular formula is C9H17FNO4+. The minimum atomic E-state index is -2.13. The van der Waals surface area contributed by atoms with Gasteiger partial charge >= 0.3 is 5.97 Å². The van der Waals surface area contributed by atoms with Crippen molar-refractivity contribution in [2.45, 2.75) is 12.0 Å². The van der Waals surface area contributed by atoms with Gasteiger partial charge in [0, 0.05) is 0 Å². The standard InChI is InChI=1S/C9H16FNO4/c1-11(2,3)6-9(15,4-8(13)14)7(12)5-10/h15H,4-6H2,1-3H3/p+1/t9-/m1/s1. The highest BCUT2D eigenvalue weighted by Gasteiger charge is 2.42. The molecule has 5 nitrogen and oxygen atoms in total. The quantitative estimate of drug-likeness (QED) is 0.591. The van der Waals surface area contributed by atoms with E-state index in [0.29, 0.717) is 0 Å². The molecule has 0 rings (SSSR count). The zero-order valence-electron chi connectivity index (χ0n) is 9.16. The summed E-state index contributed by atoms with van der Waals surface area (Å²) in [7, 11) is 5.04. The number of hydrogen-bond donors (Lipinski definition) is 2. The molecule has 2 N–H and O–H groups in total. The molecule has 15 heavy (non-hydrogen) atoms. The van der Waals surface area contributed by atoms with Crippen molar-refractivity contribution < 1.29 is 28.7 Å². The molecule has 6 heteroatoms. The fourth-order valence-corrected chi connectivity index (χ4v) is 1.40. The van der Waals surface area contributed by atoms with Crippen LogP contribution in [0.25, 0.3) is 0 Å². The number of carboxylic acid groups (broad SMARTS) is 1. The normalized spacial score (nSPS) is 15.8. The Hall–Kier alpha value is -1.01. The van der Waals surface area contributed by atoms with E-state index in [2.05, 4.69) is 0 Å². The number of likely N-dealkylation sites (N-methyl/N-ethyl adjacent to an activating group) is 1. The van der Waals surface area contributed by atoms with Crippen LogP contribution in [-0.4, -0.2) is 66.4 Å². The maximum absolute atomic E-state index is 12.2. The van der Waals surface area contributed by atoms with Gasteiger partial charge in [-0.15, -0.1) is 0 Å². The molecule has 0 aromatic carbocycles. The van der Waals surface area contributed by atoms with Gasteiger partial charge in [0.2, 0.25) is 5.78 Å². The number of hydrogen-bond acceptors (Lipinski definition) is 3. The topological polar surface area (TPSA) is 74.6 Å². The van der Waals surface area contributed by atoms with Crippen molar-refractivity contribution in [3.63, 3.8) is 0 Å². The highest BCUT2D eigenvalue weighted by molar-refractivity contribution is 5.91. The number of carboxylic acids is 1. The third-order valence-electron chi connectivity index (χ3n) is 1.82. The molecule has 0 saturated carbocycles. The number of Topliss-reactive ketones (excluding diaryl/α,β-unsaturated/α-hetero) is 1. The maximum Gasteiger partial charge on any atom is 0.306 e. The summed E-state index contributed by atoms with van der Waals surface area (Å²) in [6.45, 7) is -1.49. The van der Waals surface area contributed by atoms with E-state index in [4.69, 9.17) is 5.11 Å². The summed E-state index contributed by atoms with van der Waals surface area (Å²) in [5.41, 5.74) is -2.13. The van der Waals surface area contributed by atoms with Crippen LogP contribution in [0.3, 0.4) is 0 Å². The minimum Gasteiger partial charge on any atom is -0.481 e. The lowest BCUT2D eigenvalue weighted by molar-refractivity contribution is -0.875. The van der Waals surface area contributed by atoms with Gasteiger partial charge in [0.1, 0.15) is 6.54 Å². The van der Waals surface area contributed by atoms with Crippen LogP contribution in [0.4, 0.5) is 4.39 Å². The molecule has 0 aromatic heterocycles. The fourth-order valence-electron chi connectivity index (χ4n) is 1.40. The number of rotatable bonds is 6. The largest absolute Gasteiger partial charge is 0.481 e. The molecule has 0 aliphatic carbocycles. The number of halogens is 1. The first-order chi connectivity index (χ1) is 6.60. The Morgan fingerprint density at radius 3 is 2.07 bits per heavy atom. The molecule has 1 atom stereocenters. The highest BCUT2D eigenvalue weighted by Crippen LogP contribution is 2.16. The summed E-state index contributed by atoms with van der Waals surface area (Å²) in [4.78, 5) is 21.6. The fraction of sp³-hybridized carbons (Fsp3) is 0.778. The van der Waals surface area contributed by atoms with Crippen molar-refractivity contribution in [2.24, 2.45) is 0 Å². The Kier molecular flexibility index (Phi) is 4.36. The molecule has 0 bridgehead atoms. The van der Waals surface area contributed by atoms with E-state index in [1.54, 1.807) is 21.1 Å². The van der Waals surface area contributed by atoms with Crippen LogP contribution in [0, 0.1) is 0 Å². The first-order valence-electron chi connectivity index (χ1n) is 4.44. The molecule has 0 unspecified atom stereocenters. The lowest BCUT2D eigenvalue weighted by atomic mass is 9.93. The Morgan fingerprint density at radius 1 is 1.33 bits per heavy atom. The number of quaternary nitrogens is 1. The Morgan fingerprint density at radius 2 is 1.80 bits per heavy atom. The van der Waals surface area contributed by atoms with Gasteiger partial charge in [0.15, 0.2) is 12.3 Å². The number of aliphatic carboxylic acids is 1. The first kappa shape index (κ1) is 14.0. The van der Waals surface area contributed by atoms with E-state index >= 15 is 0 Å². The van der Waals surface area contributed by atoms with Crippen molar-refractivity contribution in [1.82, 2.24) is 0 Å². The maximum atomic E-state index is 12.2. The number of aliphatic hydroxyl groups is 1. The second-order valence-corrected chi connectivity index (χ2v) is 4.61. The molecule has 0 radical (unpaired) electrons. The summed E-state index contributed by atoms with van der Waals surface area (Å²) < 4.78 is 12.4. The van der Waals surface area contributed by atoms with Crippen molar-refractivity contribution in [3.05, 3.63) is 0 Å². The highest BCUT2D eigenvalue weighted by atomic mass is 19.1. The van der Waals surface area contributed by atoms with Crippen LogP contribution in [0.15, 0.2) is 0 Å². The van der Waals surface area contributed by atoms with Gasteiger partial charge in [0.25, 0.3) is 0 Å². The van der Waals surface area contributed by atoms with Crippen LogP contribution in [-0.2, 0) is 9.59 Å². The second kappa shape index (κ2) is 4.67. The summed E-state index contributed by atoms with van der Waals surface area (Å²) in [5.74, 6) is -2.41. The van der Waals surface area contributed by atoms with Crippen molar-refractivity contribution >= 4 is 11.8 Å². The lowest BCUT2D eigenvalue weighted by Gasteiger charge is -2.33. The molecule has 88 valence electrons. The summed E-state index contributed by atoms with van der Waals surface area (Å²) in [6.07, 6.45) is -0.773. The third-order valence-corrected chi connectivity index (χ3v) is 1.82. The van der Waals surface area contributed by atoms with Crippen LogP contribution in [0.2, 0.25) is 0 Å². The molecular weight excluding hydrogens is 205 g/mol. The Bertz CT molecular complexity index is 261. The lowest BCUT2D eigenvalue weighted by Crippen LogP contribution is -2.55. The van der Waals surface area contributed by atoms with E-state index in [9.17, 15) is 19.1 Å². The van der Waals surface area contributed by atoms with Crippen molar-refractivity contribution in [1.29, 1.82) is 0 Å². The average Bonchev–Trinajstić information content (AvgIpc) is 1.97. The average molecular weight is 222 g/mol. The van der Waals surface area contributed by atoms with E-state index in [0.717, 1.165) is 0 Å². The van der Waals surface area contributed by atoms with E-state index in [1.165, 1.54) is 0 Å². The van der Waals surface area contributed by atoms with Crippen molar-refractivity contribution in [2.75, 3.05) is 34.4 Å². The smallest absolute Gasteiger partial charge is 0.306 e. The zero-order chi connectivity index (χ0) is 12.3. The van der Waals surface area contributed by atoms with E-state index < -0.39 is 30.4 Å². The monoisotopic (exact) mass is 222 g/mol. The van der Waals surface area contributed by atoms with Crippen LogP contribution in [0.1, 0.15) is 6.42 Å². The van der Waals surface area contributed by atoms with Crippen LogP contribution < -0.4 is 0 Å². The number of carbonyl (C=O) groups is 2. The summed E-state index contributed by atoms with van der Waals surface area (Å²) in [6, 6.07) is 0. The molecule has 0 saturated heterocycles. The van der Waals surface area contributed by atoms with Gasteiger partial charge in [-0.2, -0.15) is 0 Å². The summed E-state index contributed by atoms with van der Waals surface area (Å²) in [5, 5.41) is 18.3. The van der Waals surface area contributed by atoms with Gasteiger partial charge in [-0.25, -0.2) is 4.39 Å². The molecule has 0 heterocycles. The molecule has 0 fully saturated rings. The molecule has 0 aromatic rings. The molecule has 0 aliphatic heterocycles. The van der Waals surface area contributed by atoms with Gasteiger partial charge in [0.05, 0.1) is 27.6 Å². The third kappa shape index (κ3) is 4.85. The van der Waals surface area contributed by atoms with Gasteiger partial charge in [-0.05, 0) is 0 Å². The predicted octanol–water partition coefficient (Wildman–Crippen LogP) is -0.563. The van der Waals surface area contributed by atoms with Crippen LogP contribution >= 0.6 is 0 Å². The minimum absolute atomic E-state index is 0.137. The van der Waals surface area contributed by atoms with Gasteiger partial charge < -0.3 is 14.7 Å². The van der Waals surface area contributed by atoms with E-state index in [-0.39, 0.29) is 11.0 Å². The van der Waals surface area contributed by atoms with Gasteiger partial charge in [-0.3, -0.25) is 9.59 Å². The van der Waals surface area contributed by atoms with Crippen LogP contribution in [0.5, 0.6) is 0 Å². The van der Waals surface area contributed by atoms with Gasteiger partial charge in [-0.1, -0.05) is 0 Å². The zero-order valence-corrected chi connectivity index (χ0v) is 9.16. The number of ketones is 1. The molecule has 0 spiro atoms. The predicted molar refractivity (Wildman–Crippen MR) is 51.1 cm³/mol. The number of alkyl halides is 1. The number of nitrogens with zero attached hydrogens (tertiary/aromatic N) is 1. The first-order valence-corrected chi connectivity index (χ1v) is 4.44. The Labute approximate surface area is 87.7 Å². The Balaban J connectivity index is 4.86. The second-order valence-electron chi connectivity index (χ2n) is 4.61. The van der Waals surface area contributed by atoms with Crippen molar-refractivity contribution in [3.8, 4) is 0 Å². The summed E-state index contributed by atoms with van der Waals surface area (Å²) >= 11 is 0. The molecule has 0 aliphatic rings. The van der Waals surface area contributed by atoms with E-state index in [1.807, 2.05) is 0 Å².